The number of halogens is 1. The maximum Gasteiger partial charge on any atom is 0.204 e. The van der Waals surface area contributed by atoms with Crippen LogP contribution in [0.5, 0.6) is 0 Å². The van der Waals surface area contributed by atoms with E-state index in [0.29, 0.717) is 0 Å². The molecular formula is C6H10ClNO. The van der Waals surface area contributed by atoms with Crippen LogP contribution in [0.1, 0.15) is 12.8 Å². The van der Waals surface area contributed by atoms with E-state index in [1.807, 2.05) is 11.9 Å². The van der Waals surface area contributed by atoms with Gasteiger partial charge in [-0.15, -0.1) is 0 Å². The maximum absolute atomic E-state index is 8.83. The van der Waals surface area contributed by atoms with Gasteiger partial charge in [-0.2, -0.15) is 0 Å². The van der Waals surface area contributed by atoms with Crippen LogP contribution >= 0.6 is 11.6 Å². The van der Waals surface area contributed by atoms with Crippen LogP contribution in [0.3, 0.4) is 0 Å². The molecule has 52 valence electrons. The highest BCUT2D eigenvalue weighted by atomic mass is 35.5. The summed E-state index contributed by atoms with van der Waals surface area (Å²) in [7, 11) is 1.93. The molecule has 0 saturated carbocycles. The van der Waals surface area contributed by atoms with Crippen LogP contribution in [0.4, 0.5) is 0 Å². The first-order valence-electron chi connectivity index (χ1n) is 3.00. The molecule has 0 aromatic carbocycles. The van der Waals surface area contributed by atoms with Crippen LogP contribution < -0.4 is 0 Å². The van der Waals surface area contributed by atoms with E-state index in [1.54, 1.807) is 0 Å². The number of hydrogen-bond acceptors (Lipinski definition) is 2. The molecule has 1 fully saturated rings. The Morgan fingerprint density at radius 2 is 2.44 bits per heavy atom. The zero-order valence-corrected chi connectivity index (χ0v) is 6.15. The lowest BCUT2D eigenvalue weighted by molar-refractivity contribution is 0.400. The molecular weight excluding hydrogens is 138 g/mol. The van der Waals surface area contributed by atoms with Crippen molar-refractivity contribution in [1.29, 1.82) is 0 Å². The van der Waals surface area contributed by atoms with E-state index < -0.39 is 0 Å². The van der Waals surface area contributed by atoms with Gasteiger partial charge in [-0.1, -0.05) is 0 Å². The molecule has 1 N–H and O–H groups in total. The number of aliphatic hydroxyl groups is 1. The van der Waals surface area contributed by atoms with E-state index in [2.05, 4.69) is 0 Å². The fourth-order valence-electron chi connectivity index (χ4n) is 1.07. The molecule has 1 heterocycles. The molecule has 0 unspecified atom stereocenters. The minimum absolute atomic E-state index is 0.0463. The Morgan fingerprint density at radius 1 is 1.78 bits per heavy atom. The average molecular weight is 148 g/mol. The Bertz CT molecular complexity index is 140. The molecule has 0 amide bonds. The van der Waals surface area contributed by atoms with Crippen LogP contribution in [0.2, 0.25) is 0 Å². The Kier molecular flexibility index (Phi) is 1.86. The minimum atomic E-state index is -0.0463. The van der Waals surface area contributed by atoms with Crippen molar-refractivity contribution in [3.8, 4) is 0 Å². The number of nitrogens with zero attached hydrogens (tertiary/aromatic N) is 1. The topological polar surface area (TPSA) is 23.5 Å². The van der Waals surface area contributed by atoms with Crippen LogP contribution in [0.25, 0.3) is 0 Å². The van der Waals surface area contributed by atoms with E-state index in [1.165, 1.54) is 0 Å². The summed E-state index contributed by atoms with van der Waals surface area (Å²) < 4.78 is 0. The van der Waals surface area contributed by atoms with E-state index in [0.717, 1.165) is 25.1 Å². The summed E-state index contributed by atoms with van der Waals surface area (Å²) in [5.41, 5.74) is 0.872. The monoisotopic (exact) mass is 147 g/mol. The predicted octanol–water partition coefficient (Wildman–Crippen LogP) is 1.68. The van der Waals surface area contributed by atoms with Gasteiger partial charge < -0.3 is 10.0 Å². The number of allylic oxidation sites excluding steroid dienone is 1. The van der Waals surface area contributed by atoms with Gasteiger partial charge in [0.1, 0.15) is 0 Å². The number of rotatable bonds is 0. The molecule has 0 atom stereocenters. The van der Waals surface area contributed by atoms with Crippen molar-refractivity contribution in [2.75, 3.05) is 13.6 Å². The molecule has 0 bridgehead atoms. The molecule has 0 aliphatic carbocycles. The fraction of sp³-hybridized carbons (Fsp3) is 0.667. The first-order valence-corrected chi connectivity index (χ1v) is 3.38. The van der Waals surface area contributed by atoms with Crippen molar-refractivity contribution in [2.45, 2.75) is 12.8 Å². The highest BCUT2D eigenvalue weighted by Gasteiger charge is 2.15. The molecule has 9 heavy (non-hydrogen) atoms. The molecule has 0 radical (unpaired) electrons. The SMILES string of the molecule is CN1CCC/C1=C(/O)Cl. The van der Waals surface area contributed by atoms with E-state index in [9.17, 15) is 0 Å². The predicted molar refractivity (Wildman–Crippen MR) is 37.4 cm³/mol. The standard InChI is InChI=1S/C6H10ClNO/c1-8-4-2-3-5(8)6(7)9/h9H,2-4H2,1H3/b6-5-. The molecule has 0 aromatic rings. The third-order valence-electron chi connectivity index (χ3n) is 1.61. The number of hydrogen-bond donors (Lipinski definition) is 1. The average Bonchev–Trinajstić information content (AvgIpc) is 2.13. The van der Waals surface area contributed by atoms with E-state index in [4.69, 9.17) is 16.7 Å². The Morgan fingerprint density at radius 3 is 2.67 bits per heavy atom. The second kappa shape index (κ2) is 2.48. The maximum atomic E-state index is 8.83. The molecule has 0 aromatic heterocycles. The summed E-state index contributed by atoms with van der Waals surface area (Å²) in [6.45, 7) is 1.01. The van der Waals surface area contributed by atoms with Crippen molar-refractivity contribution in [2.24, 2.45) is 0 Å². The molecule has 0 spiro atoms. The Balaban J connectivity index is 2.70. The van der Waals surface area contributed by atoms with E-state index in [-0.39, 0.29) is 5.22 Å². The lowest BCUT2D eigenvalue weighted by Gasteiger charge is -2.11. The van der Waals surface area contributed by atoms with Gasteiger partial charge in [-0.05, 0) is 24.4 Å². The summed E-state index contributed by atoms with van der Waals surface area (Å²) in [5.74, 6) is 0. The van der Waals surface area contributed by atoms with Gasteiger partial charge in [-0.25, -0.2) is 0 Å². The third kappa shape index (κ3) is 1.30. The smallest absolute Gasteiger partial charge is 0.204 e. The zero-order valence-electron chi connectivity index (χ0n) is 5.39. The lowest BCUT2D eigenvalue weighted by Crippen LogP contribution is -2.10. The molecule has 1 saturated heterocycles. The molecule has 1 aliphatic heterocycles. The van der Waals surface area contributed by atoms with Gasteiger partial charge in [-0.3, -0.25) is 0 Å². The zero-order chi connectivity index (χ0) is 6.85. The van der Waals surface area contributed by atoms with Crippen LogP contribution in [-0.2, 0) is 0 Å². The second-order valence-corrected chi connectivity index (χ2v) is 2.62. The third-order valence-corrected chi connectivity index (χ3v) is 1.82. The summed E-state index contributed by atoms with van der Waals surface area (Å²) in [5, 5.41) is 8.78. The van der Waals surface area contributed by atoms with Crippen molar-refractivity contribution < 1.29 is 5.11 Å². The first kappa shape index (κ1) is 6.75. The minimum Gasteiger partial charge on any atom is -0.497 e. The normalized spacial score (nSPS) is 24.9. The van der Waals surface area contributed by atoms with Crippen LogP contribution in [0, 0.1) is 0 Å². The summed E-state index contributed by atoms with van der Waals surface area (Å²) in [4.78, 5) is 1.97. The summed E-state index contributed by atoms with van der Waals surface area (Å²) in [6, 6.07) is 0. The van der Waals surface area contributed by atoms with Gasteiger partial charge in [0.2, 0.25) is 5.22 Å². The summed E-state index contributed by atoms with van der Waals surface area (Å²) >= 11 is 5.37. The van der Waals surface area contributed by atoms with E-state index >= 15 is 0 Å². The lowest BCUT2D eigenvalue weighted by atomic mass is 10.3. The molecule has 1 rings (SSSR count). The number of likely N-dealkylation sites (tertiary alicyclic amines) is 1. The number of aliphatic hydroxyl groups excluding tert-OH is 1. The first-order chi connectivity index (χ1) is 4.22. The van der Waals surface area contributed by atoms with Gasteiger partial charge in [0.25, 0.3) is 0 Å². The summed E-state index contributed by atoms with van der Waals surface area (Å²) in [6.07, 6.45) is 2.01. The second-order valence-electron chi connectivity index (χ2n) is 2.26. The highest BCUT2D eigenvalue weighted by molar-refractivity contribution is 6.28. The van der Waals surface area contributed by atoms with Gasteiger partial charge in [0.15, 0.2) is 0 Å². The fourth-order valence-corrected chi connectivity index (χ4v) is 1.31. The van der Waals surface area contributed by atoms with Crippen LogP contribution in [-0.4, -0.2) is 23.6 Å². The Hall–Kier alpha value is -0.370. The van der Waals surface area contributed by atoms with Gasteiger partial charge in [0.05, 0.1) is 5.70 Å². The highest BCUT2D eigenvalue weighted by Crippen LogP contribution is 2.22. The molecule has 3 heteroatoms. The van der Waals surface area contributed by atoms with Gasteiger partial charge >= 0.3 is 0 Å². The van der Waals surface area contributed by atoms with Gasteiger partial charge in [0, 0.05) is 13.6 Å². The van der Waals surface area contributed by atoms with Crippen molar-refractivity contribution in [3.05, 3.63) is 10.9 Å². The molecule has 1 aliphatic rings. The van der Waals surface area contributed by atoms with Crippen molar-refractivity contribution >= 4 is 11.6 Å². The Labute approximate surface area is 59.7 Å². The van der Waals surface area contributed by atoms with Crippen molar-refractivity contribution in [3.63, 3.8) is 0 Å². The molecule has 2 nitrogen and oxygen atoms in total. The largest absolute Gasteiger partial charge is 0.497 e. The quantitative estimate of drug-likeness (QED) is 0.527. The van der Waals surface area contributed by atoms with Crippen LogP contribution in [0.15, 0.2) is 10.9 Å². The van der Waals surface area contributed by atoms with Crippen molar-refractivity contribution in [1.82, 2.24) is 4.90 Å².